The van der Waals surface area contributed by atoms with E-state index in [0.29, 0.717) is 6.07 Å². The maximum Gasteiger partial charge on any atom is 0.417 e. The van der Waals surface area contributed by atoms with Crippen molar-refractivity contribution < 1.29 is 31.1 Å². The Morgan fingerprint density at radius 2 is 1.53 bits per heavy atom. The maximum atomic E-state index is 12.8. The average molecular weight is 305 g/mol. The number of benzene rings is 1. The van der Waals surface area contributed by atoms with Gasteiger partial charge in [0.2, 0.25) is 0 Å². The topological polar surface area (TPSA) is 17.1 Å². The van der Waals surface area contributed by atoms with Crippen LogP contribution in [0.15, 0.2) is 12.1 Å². The van der Waals surface area contributed by atoms with Crippen molar-refractivity contribution in [3.63, 3.8) is 0 Å². The van der Waals surface area contributed by atoms with Crippen LogP contribution in [0, 0.1) is 0 Å². The van der Waals surface area contributed by atoms with Gasteiger partial charge in [-0.2, -0.15) is 26.3 Å². The molecule has 8 heteroatoms. The summed E-state index contributed by atoms with van der Waals surface area (Å²) in [6.07, 6.45) is -10.8. The summed E-state index contributed by atoms with van der Waals surface area (Å²) in [5.41, 5.74) is -5.62. The van der Waals surface area contributed by atoms with E-state index in [1.807, 2.05) is 0 Å². The van der Waals surface area contributed by atoms with E-state index in [9.17, 15) is 31.1 Å². The van der Waals surface area contributed by atoms with E-state index in [1.165, 1.54) is 6.92 Å². The van der Waals surface area contributed by atoms with E-state index in [2.05, 4.69) is 0 Å². The predicted molar refractivity (Wildman–Crippen MR) is 56.0 cm³/mol. The smallest absolute Gasteiger partial charge is 0.276 e. The molecule has 0 aliphatic heterocycles. The Morgan fingerprint density at radius 3 is 1.84 bits per heavy atom. The Bertz CT molecular complexity index is 503. The molecule has 0 fully saturated rings. The first-order valence-electron chi connectivity index (χ1n) is 5.00. The van der Waals surface area contributed by atoms with Crippen LogP contribution >= 0.6 is 11.6 Å². The lowest BCUT2D eigenvalue weighted by atomic mass is 9.94. The van der Waals surface area contributed by atoms with Crippen molar-refractivity contribution in [1.29, 1.82) is 0 Å². The van der Waals surface area contributed by atoms with Gasteiger partial charge in [-0.15, -0.1) is 0 Å². The third-order valence-corrected chi connectivity index (χ3v) is 2.65. The summed E-state index contributed by atoms with van der Waals surface area (Å²) >= 11 is 4.93. The van der Waals surface area contributed by atoms with Crippen LogP contribution in [0.3, 0.4) is 0 Å². The van der Waals surface area contributed by atoms with Crippen molar-refractivity contribution in [2.75, 3.05) is 0 Å². The first kappa shape index (κ1) is 15.8. The molecule has 0 saturated heterocycles. The van der Waals surface area contributed by atoms with Gasteiger partial charge in [-0.25, -0.2) is 0 Å². The second-order valence-electron chi connectivity index (χ2n) is 3.65. The van der Waals surface area contributed by atoms with Crippen LogP contribution in [-0.2, 0) is 18.8 Å². The highest BCUT2D eigenvalue weighted by Crippen LogP contribution is 2.44. The first-order valence-corrected chi connectivity index (χ1v) is 5.38. The van der Waals surface area contributed by atoms with Crippen molar-refractivity contribution in [1.82, 2.24) is 0 Å². The summed E-state index contributed by atoms with van der Waals surface area (Å²) in [7, 11) is 0. The Kier molecular flexibility index (Phi) is 4.19. The Balaban J connectivity index is 3.83. The number of hydrogen-bond donors (Lipinski definition) is 0. The predicted octanol–water partition coefficient (Wildman–Crippen LogP) is 4.67. The van der Waals surface area contributed by atoms with Crippen LogP contribution < -0.4 is 0 Å². The highest BCUT2D eigenvalue weighted by molar-refractivity contribution is 6.68. The molecule has 0 saturated carbocycles. The van der Waals surface area contributed by atoms with Crippen LogP contribution in [-0.4, -0.2) is 5.24 Å². The SMILES string of the molecule is CCc1ccc(C(=O)Cl)c(C(F)(F)F)c1C(F)(F)F. The standard InChI is InChI=1S/C11H7ClF6O/c1-2-5-3-4-6(9(12)19)8(11(16,17)18)7(5)10(13,14)15/h3-4H,2H2,1H3. The average Bonchev–Trinajstić information content (AvgIpc) is 2.24. The van der Waals surface area contributed by atoms with Crippen LogP contribution in [0.2, 0.25) is 0 Å². The minimum Gasteiger partial charge on any atom is -0.276 e. The number of hydrogen-bond acceptors (Lipinski definition) is 1. The zero-order chi connectivity index (χ0) is 15.0. The summed E-state index contributed by atoms with van der Waals surface area (Å²) in [4.78, 5) is 10.9. The van der Waals surface area contributed by atoms with E-state index >= 15 is 0 Å². The molecule has 0 spiro atoms. The second kappa shape index (κ2) is 5.03. The Labute approximate surface area is 109 Å². The summed E-state index contributed by atoms with van der Waals surface area (Å²) in [5.74, 6) is 0. The molecule has 106 valence electrons. The third-order valence-electron chi connectivity index (χ3n) is 2.45. The fourth-order valence-corrected chi connectivity index (χ4v) is 1.88. The highest BCUT2D eigenvalue weighted by Gasteiger charge is 2.47. The van der Waals surface area contributed by atoms with Gasteiger partial charge in [0.15, 0.2) is 0 Å². The molecular formula is C11H7ClF6O. The van der Waals surface area contributed by atoms with E-state index in [1.54, 1.807) is 0 Å². The first-order chi connectivity index (χ1) is 8.50. The number of aryl methyl sites for hydroxylation is 1. The molecule has 1 nitrogen and oxygen atoms in total. The van der Waals surface area contributed by atoms with Crippen molar-refractivity contribution >= 4 is 16.8 Å². The van der Waals surface area contributed by atoms with Gasteiger partial charge >= 0.3 is 12.4 Å². The molecule has 19 heavy (non-hydrogen) atoms. The minimum absolute atomic E-state index is 0.255. The van der Waals surface area contributed by atoms with E-state index in [0.717, 1.165) is 6.07 Å². The maximum absolute atomic E-state index is 12.8. The second-order valence-corrected chi connectivity index (χ2v) is 3.99. The lowest BCUT2D eigenvalue weighted by molar-refractivity contribution is -0.162. The number of alkyl halides is 6. The van der Waals surface area contributed by atoms with Crippen molar-refractivity contribution in [3.05, 3.63) is 34.4 Å². The zero-order valence-electron chi connectivity index (χ0n) is 9.42. The van der Waals surface area contributed by atoms with Crippen LogP contribution in [0.5, 0.6) is 0 Å². The van der Waals surface area contributed by atoms with Crippen LogP contribution in [0.25, 0.3) is 0 Å². The summed E-state index contributed by atoms with van der Waals surface area (Å²) in [6.45, 7) is 1.28. The molecule has 1 rings (SSSR count). The molecule has 1 aromatic carbocycles. The molecule has 0 aliphatic rings. The number of halogens is 7. The minimum atomic E-state index is -5.32. The summed E-state index contributed by atoms with van der Waals surface area (Å²) < 4.78 is 76.9. The molecular weight excluding hydrogens is 298 g/mol. The summed E-state index contributed by atoms with van der Waals surface area (Å²) in [5, 5.41) is -1.58. The molecule has 0 aromatic heterocycles. The van der Waals surface area contributed by atoms with Crippen molar-refractivity contribution in [2.45, 2.75) is 25.7 Å². The van der Waals surface area contributed by atoms with Gasteiger partial charge in [0.25, 0.3) is 5.24 Å². The normalized spacial score (nSPS) is 12.6. The van der Waals surface area contributed by atoms with Gasteiger partial charge in [0.05, 0.1) is 11.1 Å². The van der Waals surface area contributed by atoms with Gasteiger partial charge in [-0.05, 0) is 29.7 Å². The largest absolute Gasteiger partial charge is 0.417 e. The lowest BCUT2D eigenvalue weighted by Crippen LogP contribution is -2.22. The number of carbonyl (C=O) groups excluding carboxylic acids is 1. The fraction of sp³-hybridized carbons (Fsp3) is 0.364. The molecule has 0 atom stereocenters. The van der Waals surface area contributed by atoms with E-state index in [4.69, 9.17) is 11.6 Å². The Hall–Kier alpha value is -1.24. The van der Waals surface area contributed by atoms with Gasteiger partial charge in [0, 0.05) is 5.56 Å². The van der Waals surface area contributed by atoms with E-state index < -0.39 is 39.8 Å². The lowest BCUT2D eigenvalue weighted by Gasteiger charge is -2.20. The highest BCUT2D eigenvalue weighted by atomic mass is 35.5. The van der Waals surface area contributed by atoms with Crippen molar-refractivity contribution in [2.24, 2.45) is 0 Å². The van der Waals surface area contributed by atoms with Gasteiger partial charge in [0.1, 0.15) is 0 Å². The van der Waals surface area contributed by atoms with Crippen LogP contribution in [0.1, 0.15) is 34.0 Å². The molecule has 0 heterocycles. The molecule has 0 aliphatic carbocycles. The van der Waals surface area contributed by atoms with Crippen molar-refractivity contribution in [3.8, 4) is 0 Å². The third kappa shape index (κ3) is 3.20. The molecule has 1 aromatic rings. The van der Waals surface area contributed by atoms with E-state index in [-0.39, 0.29) is 6.42 Å². The molecule has 0 bridgehead atoms. The molecule has 0 radical (unpaired) electrons. The quantitative estimate of drug-likeness (QED) is 0.573. The molecule has 0 N–H and O–H groups in total. The molecule has 0 unspecified atom stereocenters. The van der Waals surface area contributed by atoms with Gasteiger partial charge in [-0.3, -0.25) is 4.79 Å². The number of rotatable bonds is 2. The van der Waals surface area contributed by atoms with Gasteiger partial charge in [-0.1, -0.05) is 13.0 Å². The van der Waals surface area contributed by atoms with Gasteiger partial charge < -0.3 is 0 Å². The summed E-state index contributed by atoms with van der Waals surface area (Å²) in [6, 6.07) is 1.49. The monoisotopic (exact) mass is 304 g/mol. The molecule has 0 amide bonds. The fourth-order valence-electron chi connectivity index (χ4n) is 1.72. The van der Waals surface area contributed by atoms with Crippen LogP contribution in [0.4, 0.5) is 26.3 Å². The zero-order valence-corrected chi connectivity index (χ0v) is 10.2. The Morgan fingerprint density at radius 1 is 1.05 bits per heavy atom. The number of carbonyl (C=O) groups is 1.